The molecule has 0 saturated heterocycles. The van der Waals surface area contributed by atoms with Crippen LogP contribution in [0.3, 0.4) is 0 Å². The highest BCUT2D eigenvalue weighted by atomic mass is 16.4. The van der Waals surface area contributed by atoms with Crippen LogP contribution in [-0.4, -0.2) is 4.98 Å². The van der Waals surface area contributed by atoms with Crippen LogP contribution >= 0.6 is 0 Å². The molecular weight excluding hydrogens is 665 g/mol. The average Bonchev–Trinajstić information content (AvgIpc) is 3.95. The van der Waals surface area contributed by atoms with Gasteiger partial charge in [-0.05, 0) is 101 Å². The highest BCUT2D eigenvalue weighted by Gasteiger charge is 2.19. The molecule has 0 aliphatic carbocycles. The quantitative estimate of drug-likeness (QED) is 0.173. The Morgan fingerprint density at radius 1 is 0.333 bits per heavy atom. The van der Waals surface area contributed by atoms with Crippen molar-refractivity contribution in [2.75, 3.05) is 4.90 Å². The van der Waals surface area contributed by atoms with Gasteiger partial charge in [-0.3, -0.25) is 0 Å². The molecule has 3 heterocycles. The van der Waals surface area contributed by atoms with Gasteiger partial charge in [0, 0.05) is 44.9 Å². The minimum absolute atomic E-state index is 0.595. The number of fused-ring (bicyclic) bond motifs is 8. The molecule has 0 spiro atoms. The Hall–Kier alpha value is -7.37. The summed E-state index contributed by atoms with van der Waals surface area (Å²) in [5.41, 5.74) is 13.5. The Labute approximate surface area is 309 Å². The maximum absolute atomic E-state index is 6.33. The van der Waals surface area contributed by atoms with Crippen LogP contribution in [-0.2, 0) is 0 Å². The molecule has 11 rings (SSSR count). The molecule has 0 amide bonds. The van der Waals surface area contributed by atoms with E-state index in [1.165, 1.54) is 11.1 Å². The van der Waals surface area contributed by atoms with Crippen molar-refractivity contribution in [3.63, 3.8) is 0 Å². The lowest BCUT2D eigenvalue weighted by Gasteiger charge is -2.26. The average molecular weight is 695 g/mol. The summed E-state index contributed by atoms with van der Waals surface area (Å²) in [6.45, 7) is 0. The standard InChI is InChI=1S/C49H30N2O3/c1-3-9-31(10-4-1)32-15-20-36(21-16-32)51(38-24-25-40-39-13-7-8-14-42(39)53-46(40)30-38)37-22-17-33(18-23-37)35-19-26-43-41(29-35)47-44(52-43)27-28-45-48(47)50-49(54-45)34-11-5-2-6-12-34/h1-30H. The predicted octanol–water partition coefficient (Wildman–Crippen LogP) is 14.1. The van der Waals surface area contributed by atoms with Crippen LogP contribution in [0, 0.1) is 0 Å². The third-order valence-corrected chi connectivity index (χ3v) is 10.3. The smallest absolute Gasteiger partial charge is 0.227 e. The molecule has 5 heteroatoms. The van der Waals surface area contributed by atoms with Crippen LogP contribution in [0.4, 0.5) is 17.1 Å². The molecular formula is C49H30N2O3. The summed E-state index contributed by atoms with van der Waals surface area (Å²) in [6, 6.07) is 62.9. The fraction of sp³-hybridized carbons (Fsp3) is 0. The fourth-order valence-corrected chi connectivity index (χ4v) is 7.67. The first-order valence-corrected chi connectivity index (χ1v) is 18.0. The second kappa shape index (κ2) is 12.1. The fourth-order valence-electron chi connectivity index (χ4n) is 7.67. The van der Waals surface area contributed by atoms with Gasteiger partial charge < -0.3 is 18.2 Å². The number of aromatic nitrogens is 1. The summed E-state index contributed by atoms with van der Waals surface area (Å²) in [6.07, 6.45) is 0. The van der Waals surface area contributed by atoms with Gasteiger partial charge in [0.25, 0.3) is 0 Å². The molecule has 8 aromatic carbocycles. The van der Waals surface area contributed by atoms with Gasteiger partial charge in [0.05, 0.1) is 5.39 Å². The number of para-hydroxylation sites is 1. The number of anilines is 3. The van der Waals surface area contributed by atoms with E-state index in [4.69, 9.17) is 18.2 Å². The maximum atomic E-state index is 6.33. The van der Waals surface area contributed by atoms with Crippen LogP contribution < -0.4 is 4.90 Å². The maximum Gasteiger partial charge on any atom is 0.227 e. The van der Waals surface area contributed by atoms with Crippen molar-refractivity contribution in [3.05, 3.63) is 182 Å². The molecule has 0 radical (unpaired) electrons. The molecule has 0 fully saturated rings. The van der Waals surface area contributed by atoms with Gasteiger partial charge in [0.15, 0.2) is 5.58 Å². The molecule has 0 saturated carbocycles. The lowest BCUT2D eigenvalue weighted by atomic mass is 10.0. The van der Waals surface area contributed by atoms with E-state index in [1.54, 1.807) is 0 Å². The molecule has 0 atom stereocenters. The number of oxazole rings is 1. The number of hydrogen-bond donors (Lipinski definition) is 0. The summed E-state index contributed by atoms with van der Waals surface area (Å²) >= 11 is 0. The largest absolute Gasteiger partial charge is 0.456 e. The van der Waals surface area contributed by atoms with E-state index in [1.807, 2.05) is 66.7 Å². The van der Waals surface area contributed by atoms with Gasteiger partial charge in [-0.15, -0.1) is 0 Å². The molecule has 11 aromatic rings. The van der Waals surface area contributed by atoms with E-state index < -0.39 is 0 Å². The second-order valence-electron chi connectivity index (χ2n) is 13.6. The van der Waals surface area contributed by atoms with Crippen LogP contribution in [0.1, 0.15) is 0 Å². The first kappa shape index (κ1) is 30.3. The van der Waals surface area contributed by atoms with Crippen molar-refractivity contribution in [2.45, 2.75) is 0 Å². The summed E-state index contributed by atoms with van der Waals surface area (Å²) < 4.78 is 18.8. The van der Waals surface area contributed by atoms with E-state index in [0.29, 0.717) is 5.89 Å². The van der Waals surface area contributed by atoms with Gasteiger partial charge in [-0.1, -0.05) is 97.1 Å². The first-order valence-electron chi connectivity index (χ1n) is 18.0. The summed E-state index contributed by atoms with van der Waals surface area (Å²) in [5.74, 6) is 0.595. The second-order valence-corrected chi connectivity index (χ2v) is 13.6. The van der Waals surface area contributed by atoms with Crippen LogP contribution in [0.2, 0.25) is 0 Å². The van der Waals surface area contributed by atoms with Crippen molar-refractivity contribution in [3.8, 4) is 33.7 Å². The highest BCUT2D eigenvalue weighted by molar-refractivity contribution is 6.17. The molecule has 0 N–H and O–H groups in total. The molecule has 0 aliphatic rings. The topological polar surface area (TPSA) is 55.6 Å². The van der Waals surface area contributed by atoms with E-state index in [2.05, 4.69) is 120 Å². The Morgan fingerprint density at radius 3 is 1.63 bits per heavy atom. The Morgan fingerprint density at radius 2 is 0.870 bits per heavy atom. The molecule has 0 bridgehead atoms. The summed E-state index contributed by atoms with van der Waals surface area (Å²) in [5, 5.41) is 4.18. The number of rotatable bonds is 6. The zero-order valence-corrected chi connectivity index (χ0v) is 28.9. The number of benzene rings is 8. The van der Waals surface area contributed by atoms with Gasteiger partial charge in [-0.25, -0.2) is 4.98 Å². The van der Waals surface area contributed by atoms with Crippen molar-refractivity contribution >= 4 is 72.0 Å². The summed E-state index contributed by atoms with van der Waals surface area (Å²) in [4.78, 5) is 7.22. The minimum Gasteiger partial charge on any atom is -0.456 e. The van der Waals surface area contributed by atoms with Crippen LogP contribution in [0.15, 0.2) is 195 Å². The highest BCUT2D eigenvalue weighted by Crippen LogP contribution is 2.41. The van der Waals surface area contributed by atoms with E-state index in [-0.39, 0.29) is 0 Å². The Kier molecular flexibility index (Phi) is 6.79. The lowest BCUT2D eigenvalue weighted by Crippen LogP contribution is -2.09. The molecule has 54 heavy (non-hydrogen) atoms. The normalized spacial score (nSPS) is 11.7. The molecule has 3 aromatic heterocycles. The van der Waals surface area contributed by atoms with Gasteiger partial charge in [0.2, 0.25) is 5.89 Å². The van der Waals surface area contributed by atoms with Gasteiger partial charge in [-0.2, -0.15) is 0 Å². The minimum atomic E-state index is 0.595. The number of hydrogen-bond acceptors (Lipinski definition) is 5. The SMILES string of the molecule is c1ccc(-c2ccc(N(c3ccc(-c4ccc5oc6ccc7oc(-c8ccccc8)nc7c6c5c4)cc3)c3ccc4c(c3)oc3ccccc34)cc2)cc1. The van der Waals surface area contributed by atoms with Crippen molar-refractivity contribution in [1.29, 1.82) is 0 Å². The molecule has 0 aliphatic heterocycles. The third-order valence-electron chi connectivity index (χ3n) is 10.3. The van der Waals surface area contributed by atoms with Crippen molar-refractivity contribution in [2.24, 2.45) is 0 Å². The van der Waals surface area contributed by atoms with Crippen LogP contribution in [0.25, 0.3) is 88.7 Å². The van der Waals surface area contributed by atoms with E-state index in [9.17, 15) is 0 Å². The van der Waals surface area contributed by atoms with Gasteiger partial charge >= 0.3 is 0 Å². The Balaban J connectivity index is 1.00. The van der Waals surface area contributed by atoms with E-state index >= 15 is 0 Å². The predicted molar refractivity (Wildman–Crippen MR) is 220 cm³/mol. The monoisotopic (exact) mass is 694 g/mol. The van der Waals surface area contributed by atoms with Crippen LogP contribution in [0.5, 0.6) is 0 Å². The Bertz CT molecular complexity index is 3140. The molecule has 5 nitrogen and oxygen atoms in total. The molecule has 254 valence electrons. The zero-order valence-electron chi connectivity index (χ0n) is 28.9. The first-order chi connectivity index (χ1) is 26.7. The molecule has 0 unspecified atom stereocenters. The summed E-state index contributed by atoms with van der Waals surface area (Å²) in [7, 11) is 0. The number of furan rings is 2. The van der Waals surface area contributed by atoms with Crippen molar-refractivity contribution < 1.29 is 13.3 Å². The number of nitrogens with zero attached hydrogens (tertiary/aromatic N) is 2. The van der Waals surface area contributed by atoms with Crippen molar-refractivity contribution in [1.82, 2.24) is 4.98 Å². The zero-order chi connectivity index (χ0) is 35.6. The lowest BCUT2D eigenvalue weighted by molar-refractivity contribution is 0.619. The van der Waals surface area contributed by atoms with Gasteiger partial charge in [0.1, 0.15) is 27.8 Å². The third kappa shape index (κ3) is 4.98. The van der Waals surface area contributed by atoms with E-state index in [0.717, 1.165) is 88.7 Å².